The van der Waals surface area contributed by atoms with Crippen LogP contribution in [0.25, 0.3) is 28.6 Å². The van der Waals surface area contributed by atoms with E-state index >= 15 is 0 Å². The molecule has 0 bridgehead atoms. The van der Waals surface area contributed by atoms with Crippen LogP contribution in [0.2, 0.25) is 0 Å². The van der Waals surface area contributed by atoms with E-state index in [0.29, 0.717) is 5.92 Å². The summed E-state index contributed by atoms with van der Waals surface area (Å²) in [7, 11) is -3.28. The summed E-state index contributed by atoms with van der Waals surface area (Å²) in [6.45, 7) is 0.718. The van der Waals surface area contributed by atoms with Crippen molar-refractivity contribution in [3.05, 3.63) is 90.6 Å². The molecule has 3 heterocycles. The summed E-state index contributed by atoms with van der Waals surface area (Å²) in [5, 5.41) is 4.82. The maximum Gasteiger partial charge on any atom is 0.175 e. The Hall–Kier alpha value is -3.45. The van der Waals surface area contributed by atoms with Gasteiger partial charge in [-0.25, -0.2) is 12.8 Å². The Morgan fingerprint density at radius 2 is 1.72 bits per heavy atom. The molecule has 0 spiro atoms. The van der Waals surface area contributed by atoms with Crippen LogP contribution in [0.3, 0.4) is 0 Å². The van der Waals surface area contributed by atoms with Crippen molar-refractivity contribution in [2.75, 3.05) is 6.26 Å². The number of hydrogen-bond acceptors (Lipinski definition) is 3. The molecular weight excluding hydrogens is 425 g/mol. The largest absolute Gasteiger partial charge is 0.327 e. The molecule has 162 valence electrons. The first-order valence-electron chi connectivity index (χ1n) is 10.4. The molecule has 0 fully saturated rings. The van der Waals surface area contributed by atoms with Crippen molar-refractivity contribution in [3.8, 4) is 22.4 Å². The topological polar surface area (TPSA) is 56.9 Å². The smallest absolute Gasteiger partial charge is 0.175 e. The molecule has 5 rings (SSSR count). The number of aromatic nitrogens is 3. The molecule has 0 aliphatic carbocycles. The molecule has 1 unspecified atom stereocenters. The normalized spacial score (nSPS) is 15.2. The molecule has 0 saturated heterocycles. The summed E-state index contributed by atoms with van der Waals surface area (Å²) in [6.07, 6.45) is 10.4. The quantitative estimate of drug-likeness (QED) is 0.407. The number of halogens is 1. The highest BCUT2D eigenvalue weighted by Crippen LogP contribution is 2.33. The van der Waals surface area contributed by atoms with Crippen LogP contribution in [0.15, 0.2) is 84.0 Å². The third kappa shape index (κ3) is 3.91. The Kier molecular flexibility index (Phi) is 5.06. The van der Waals surface area contributed by atoms with Crippen LogP contribution in [0.4, 0.5) is 4.39 Å². The number of nitrogens with zero attached hydrogens (tertiary/aromatic N) is 3. The second kappa shape index (κ2) is 7.91. The standard InChI is InChI=1S/C25H22FN3O2S/c1-32(30,31)22-10-6-20(7-11-22)25-23(18-4-8-21(26)9-5-18)17-29(27-25)16-13-19-12-15-28-14-2-3-24(19)28/h2-12,14-15,17,19H,13,16H2,1H3. The van der Waals surface area contributed by atoms with Crippen molar-refractivity contribution in [1.29, 1.82) is 0 Å². The van der Waals surface area contributed by atoms with Crippen LogP contribution in [0.5, 0.6) is 0 Å². The molecule has 0 saturated carbocycles. The first-order valence-corrected chi connectivity index (χ1v) is 12.3. The number of fused-ring (bicyclic) bond motifs is 1. The molecule has 32 heavy (non-hydrogen) atoms. The first kappa shape index (κ1) is 20.5. The van der Waals surface area contributed by atoms with E-state index in [1.807, 2.05) is 23.1 Å². The van der Waals surface area contributed by atoms with Crippen molar-refractivity contribution in [3.63, 3.8) is 0 Å². The molecule has 4 aromatic rings. The molecular formula is C25H22FN3O2S. The predicted molar refractivity (Wildman–Crippen MR) is 123 cm³/mol. The number of rotatable bonds is 6. The summed E-state index contributed by atoms with van der Waals surface area (Å²) in [6, 6.07) is 17.2. The van der Waals surface area contributed by atoms with Crippen molar-refractivity contribution in [2.45, 2.75) is 23.8 Å². The summed E-state index contributed by atoms with van der Waals surface area (Å²) < 4.78 is 41.2. The van der Waals surface area contributed by atoms with Gasteiger partial charge in [-0.15, -0.1) is 0 Å². The lowest BCUT2D eigenvalue weighted by Crippen LogP contribution is -2.04. The van der Waals surface area contributed by atoms with Gasteiger partial charge in [-0.1, -0.05) is 30.3 Å². The molecule has 2 aromatic carbocycles. The van der Waals surface area contributed by atoms with E-state index < -0.39 is 9.84 Å². The molecule has 1 aliphatic rings. The Morgan fingerprint density at radius 3 is 2.44 bits per heavy atom. The van der Waals surface area contributed by atoms with Crippen LogP contribution in [-0.4, -0.2) is 29.0 Å². The highest BCUT2D eigenvalue weighted by atomic mass is 32.2. The minimum absolute atomic E-state index is 0.264. The van der Waals surface area contributed by atoms with Gasteiger partial charge in [-0.2, -0.15) is 5.10 Å². The Labute approximate surface area is 186 Å². The van der Waals surface area contributed by atoms with Crippen molar-refractivity contribution in [1.82, 2.24) is 14.3 Å². The maximum atomic E-state index is 13.5. The zero-order valence-electron chi connectivity index (χ0n) is 17.5. The highest BCUT2D eigenvalue weighted by molar-refractivity contribution is 7.90. The fourth-order valence-corrected chi connectivity index (χ4v) is 4.75. The molecule has 0 amide bonds. The number of benzene rings is 2. The molecule has 7 heteroatoms. The van der Waals surface area contributed by atoms with E-state index in [1.54, 1.807) is 36.4 Å². The lowest BCUT2D eigenvalue weighted by molar-refractivity contribution is 0.553. The lowest BCUT2D eigenvalue weighted by atomic mass is 10.0. The Morgan fingerprint density at radius 1 is 1.00 bits per heavy atom. The van der Waals surface area contributed by atoms with Crippen molar-refractivity contribution >= 4 is 16.0 Å². The van der Waals surface area contributed by atoms with E-state index in [-0.39, 0.29) is 10.7 Å². The lowest BCUT2D eigenvalue weighted by Gasteiger charge is -2.08. The first-order chi connectivity index (χ1) is 15.4. The van der Waals surface area contributed by atoms with E-state index in [4.69, 9.17) is 5.10 Å². The fraction of sp³-hybridized carbons (Fsp3) is 0.160. The summed E-state index contributed by atoms with van der Waals surface area (Å²) in [5.74, 6) is 0.0391. The van der Waals surface area contributed by atoms with Crippen LogP contribution < -0.4 is 0 Å². The van der Waals surface area contributed by atoms with Gasteiger partial charge in [0.05, 0.1) is 4.90 Å². The van der Waals surface area contributed by atoms with Gasteiger partial charge in [0.2, 0.25) is 0 Å². The van der Waals surface area contributed by atoms with E-state index in [9.17, 15) is 12.8 Å². The van der Waals surface area contributed by atoms with Gasteiger partial charge < -0.3 is 4.57 Å². The average molecular weight is 448 g/mol. The monoisotopic (exact) mass is 447 g/mol. The second-order valence-electron chi connectivity index (χ2n) is 8.03. The summed E-state index contributed by atoms with van der Waals surface area (Å²) in [4.78, 5) is 0.264. The van der Waals surface area contributed by atoms with E-state index in [0.717, 1.165) is 35.3 Å². The van der Waals surface area contributed by atoms with Gasteiger partial charge in [0.25, 0.3) is 0 Å². The van der Waals surface area contributed by atoms with Crippen molar-refractivity contribution in [2.24, 2.45) is 0 Å². The van der Waals surface area contributed by atoms with E-state index in [1.165, 1.54) is 24.1 Å². The zero-order chi connectivity index (χ0) is 22.3. The number of sulfone groups is 1. The van der Waals surface area contributed by atoms with Crippen molar-refractivity contribution < 1.29 is 12.8 Å². The Bertz CT molecular complexity index is 1400. The van der Waals surface area contributed by atoms with Crippen LogP contribution in [0.1, 0.15) is 18.0 Å². The van der Waals surface area contributed by atoms with Gasteiger partial charge in [0.1, 0.15) is 11.5 Å². The maximum absolute atomic E-state index is 13.5. The van der Waals surface area contributed by atoms with Crippen LogP contribution in [-0.2, 0) is 16.4 Å². The second-order valence-corrected chi connectivity index (χ2v) is 10.1. The molecule has 5 nitrogen and oxygen atoms in total. The third-order valence-electron chi connectivity index (χ3n) is 5.81. The molecule has 1 aliphatic heterocycles. The predicted octanol–water partition coefficient (Wildman–Crippen LogP) is 5.22. The van der Waals surface area contributed by atoms with Gasteiger partial charge in [-0.05, 0) is 48.4 Å². The van der Waals surface area contributed by atoms with Gasteiger partial charge in [0.15, 0.2) is 9.84 Å². The van der Waals surface area contributed by atoms with Crippen LogP contribution >= 0.6 is 0 Å². The van der Waals surface area contributed by atoms with Gasteiger partial charge in [-0.3, -0.25) is 4.68 Å². The van der Waals surface area contributed by atoms with Crippen LogP contribution in [0, 0.1) is 5.82 Å². The van der Waals surface area contributed by atoms with Gasteiger partial charge >= 0.3 is 0 Å². The average Bonchev–Trinajstić information content (AvgIpc) is 3.49. The highest BCUT2D eigenvalue weighted by Gasteiger charge is 2.19. The summed E-state index contributed by atoms with van der Waals surface area (Å²) >= 11 is 0. The molecule has 0 radical (unpaired) electrons. The number of hydrogen-bond donors (Lipinski definition) is 0. The minimum atomic E-state index is -3.28. The minimum Gasteiger partial charge on any atom is -0.327 e. The van der Waals surface area contributed by atoms with Gasteiger partial charge in [0, 0.05) is 54.1 Å². The molecule has 2 aromatic heterocycles. The Balaban J connectivity index is 1.48. The van der Waals surface area contributed by atoms with E-state index in [2.05, 4.69) is 22.9 Å². The molecule has 0 N–H and O–H groups in total. The summed E-state index contributed by atoms with van der Waals surface area (Å²) in [5.41, 5.74) is 4.55. The molecule has 1 atom stereocenters. The third-order valence-corrected chi connectivity index (χ3v) is 6.94. The fourth-order valence-electron chi connectivity index (χ4n) is 4.12. The zero-order valence-corrected chi connectivity index (χ0v) is 18.3. The SMILES string of the molecule is CS(=O)(=O)c1ccc(-c2nn(CCC3C=Cn4cccc43)cc2-c2ccc(F)cc2)cc1. The number of allylic oxidation sites excluding steroid dienone is 1. The number of aryl methyl sites for hydroxylation is 1.